The summed E-state index contributed by atoms with van der Waals surface area (Å²) in [6.07, 6.45) is -6.26. The molecular weight excluding hydrogens is 614 g/mol. The number of nitrogens with one attached hydrogen (secondary N) is 2. The van der Waals surface area contributed by atoms with Crippen LogP contribution in [-0.2, 0) is 16.5 Å². The van der Waals surface area contributed by atoms with Crippen LogP contribution in [0.25, 0.3) is 11.6 Å². The van der Waals surface area contributed by atoms with Gasteiger partial charge in [0.25, 0.3) is 17.7 Å². The zero-order valence-electron chi connectivity index (χ0n) is 24.9. The van der Waals surface area contributed by atoms with Crippen molar-refractivity contribution in [2.75, 3.05) is 11.9 Å². The third-order valence-electron chi connectivity index (χ3n) is 6.92. The van der Waals surface area contributed by atoms with E-state index in [0.29, 0.717) is 12.0 Å². The molecule has 3 N–H and O–H groups in total. The lowest BCUT2D eigenvalue weighted by molar-refractivity contribution is -0.277. The van der Waals surface area contributed by atoms with E-state index in [0.717, 1.165) is 12.8 Å². The van der Waals surface area contributed by atoms with Crippen LogP contribution in [0.3, 0.4) is 0 Å². The standard InChI is InChI=1S/C21H23F6N5O5.C7H11N/c1-18(2,3)37-17(34)29-11-9-10(20(22,23)24)12-14(33)28-8-6-4-5-7-19(35,21(25,26)27)16-32-31-15(36-16)13(11)30-12;8-6-7-4-2-1-3-5-7/h9,35H,4-8H2,1-3H3,(H,28,33)(H,29,34);7H,1-5H2. The summed E-state index contributed by atoms with van der Waals surface area (Å²) in [5.74, 6) is -2.99. The molecule has 1 aliphatic heterocycles. The molecule has 17 heteroatoms. The molecule has 0 radical (unpaired) electrons. The molecule has 248 valence electrons. The number of alkyl halides is 6. The Bertz CT molecular complexity index is 1390. The summed E-state index contributed by atoms with van der Waals surface area (Å²) < 4.78 is 92.9. The molecule has 0 saturated heterocycles. The van der Waals surface area contributed by atoms with Crippen LogP contribution in [0.15, 0.2) is 10.5 Å². The van der Waals surface area contributed by atoms with Crippen LogP contribution in [0.5, 0.6) is 0 Å². The van der Waals surface area contributed by atoms with Crippen molar-refractivity contribution < 1.29 is 50.2 Å². The van der Waals surface area contributed by atoms with E-state index in [9.17, 15) is 41.0 Å². The summed E-state index contributed by atoms with van der Waals surface area (Å²) in [6, 6.07) is 2.66. The van der Waals surface area contributed by atoms with Gasteiger partial charge in [0.05, 0.1) is 17.3 Å². The van der Waals surface area contributed by atoms with Gasteiger partial charge < -0.3 is 19.6 Å². The highest BCUT2D eigenvalue weighted by Crippen LogP contribution is 2.44. The van der Waals surface area contributed by atoms with Crippen LogP contribution in [0.4, 0.5) is 36.8 Å². The van der Waals surface area contributed by atoms with E-state index in [1.807, 2.05) is 5.32 Å². The number of aromatic nitrogens is 3. The van der Waals surface area contributed by atoms with Crippen molar-refractivity contribution in [2.24, 2.45) is 5.92 Å². The first kappa shape index (κ1) is 35.5. The van der Waals surface area contributed by atoms with Crippen molar-refractivity contribution in [1.29, 1.82) is 5.26 Å². The van der Waals surface area contributed by atoms with Crippen molar-refractivity contribution in [3.8, 4) is 17.7 Å². The molecule has 1 unspecified atom stereocenters. The first-order valence-corrected chi connectivity index (χ1v) is 14.3. The largest absolute Gasteiger partial charge is 0.444 e. The number of fused-ring (bicyclic) bond motifs is 5. The van der Waals surface area contributed by atoms with E-state index < -0.39 is 76.4 Å². The number of carbonyl (C=O) groups is 2. The summed E-state index contributed by atoms with van der Waals surface area (Å²) in [5, 5.41) is 29.8. The molecule has 2 aromatic heterocycles. The van der Waals surface area contributed by atoms with Crippen LogP contribution in [-0.4, -0.2) is 50.6 Å². The number of ether oxygens (including phenoxy) is 1. The number of carbonyl (C=O) groups excluding carboxylic acids is 2. The fourth-order valence-electron chi connectivity index (χ4n) is 4.63. The second-order valence-electron chi connectivity index (χ2n) is 11.7. The predicted molar refractivity (Wildman–Crippen MR) is 145 cm³/mol. The first-order chi connectivity index (χ1) is 20.9. The predicted octanol–water partition coefficient (Wildman–Crippen LogP) is 6.64. The van der Waals surface area contributed by atoms with Crippen molar-refractivity contribution in [3.05, 3.63) is 23.2 Å². The van der Waals surface area contributed by atoms with Crippen molar-refractivity contribution in [2.45, 2.75) is 102 Å². The molecule has 0 spiro atoms. The van der Waals surface area contributed by atoms with Gasteiger partial charge >= 0.3 is 18.4 Å². The molecule has 3 heterocycles. The van der Waals surface area contributed by atoms with E-state index in [1.165, 1.54) is 40.0 Å². The van der Waals surface area contributed by atoms with E-state index in [-0.39, 0.29) is 25.8 Å². The summed E-state index contributed by atoms with van der Waals surface area (Å²) in [6.45, 7) is 4.26. The van der Waals surface area contributed by atoms with Gasteiger partial charge in [0, 0.05) is 12.5 Å². The number of rotatable bonds is 1. The van der Waals surface area contributed by atoms with Gasteiger partial charge in [-0.3, -0.25) is 10.1 Å². The quantitative estimate of drug-likeness (QED) is 0.288. The molecule has 2 aromatic rings. The number of pyridine rings is 1. The number of aliphatic hydroxyl groups is 1. The Labute approximate surface area is 254 Å². The Kier molecular flexibility index (Phi) is 11.1. The van der Waals surface area contributed by atoms with Gasteiger partial charge in [-0.25, -0.2) is 9.78 Å². The number of nitrogens with zero attached hydrogens (tertiary/aromatic N) is 4. The lowest BCUT2D eigenvalue weighted by atomic mass is 9.91. The van der Waals surface area contributed by atoms with E-state index in [1.54, 1.807) is 0 Å². The average Bonchev–Trinajstić information content (AvgIpc) is 3.43. The Morgan fingerprint density at radius 2 is 1.71 bits per heavy atom. The zero-order valence-corrected chi connectivity index (χ0v) is 24.9. The number of amides is 2. The van der Waals surface area contributed by atoms with E-state index in [4.69, 9.17) is 14.4 Å². The van der Waals surface area contributed by atoms with E-state index >= 15 is 0 Å². The maximum atomic E-state index is 13.8. The lowest BCUT2D eigenvalue weighted by Crippen LogP contribution is -2.42. The van der Waals surface area contributed by atoms with Gasteiger partial charge in [-0.15, -0.1) is 10.2 Å². The highest BCUT2D eigenvalue weighted by Gasteiger charge is 2.58. The lowest BCUT2D eigenvalue weighted by Gasteiger charge is -2.27. The SMILES string of the molecule is CC(C)(C)OC(=O)Nc1cc(C(F)(F)F)c2nc1-c1nnc(o1)C(O)(C(F)(F)F)CCCCCNC2=O.N#CC1CCCCC1. The molecule has 2 amide bonds. The molecule has 1 aliphatic carbocycles. The van der Waals surface area contributed by atoms with Crippen LogP contribution in [0, 0.1) is 17.2 Å². The van der Waals surface area contributed by atoms with Gasteiger partial charge in [-0.1, -0.05) is 25.7 Å². The van der Waals surface area contributed by atoms with Crippen LogP contribution >= 0.6 is 0 Å². The monoisotopic (exact) mass is 648 g/mol. The molecule has 0 aromatic carbocycles. The molecule has 1 atom stereocenters. The second-order valence-corrected chi connectivity index (χ2v) is 11.7. The Balaban J connectivity index is 0.000000598. The summed E-state index contributed by atoms with van der Waals surface area (Å²) in [7, 11) is 0. The summed E-state index contributed by atoms with van der Waals surface area (Å²) in [4.78, 5) is 28.5. The third kappa shape index (κ3) is 9.28. The molecule has 4 bridgehead atoms. The molecular formula is C28H34F6N6O5. The number of halogens is 6. The smallest absolute Gasteiger partial charge is 0.426 e. The minimum atomic E-state index is -5.24. The minimum absolute atomic E-state index is 0.0865. The van der Waals surface area contributed by atoms with E-state index in [2.05, 4.69) is 26.6 Å². The highest BCUT2D eigenvalue weighted by atomic mass is 19.4. The number of nitriles is 1. The fourth-order valence-corrected chi connectivity index (χ4v) is 4.63. The molecule has 4 rings (SSSR count). The summed E-state index contributed by atoms with van der Waals surface area (Å²) >= 11 is 0. The maximum absolute atomic E-state index is 13.8. The Morgan fingerprint density at radius 3 is 2.27 bits per heavy atom. The van der Waals surface area contributed by atoms with Gasteiger partial charge in [0.2, 0.25) is 5.60 Å². The Morgan fingerprint density at radius 1 is 1.07 bits per heavy atom. The van der Waals surface area contributed by atoms with Crippen molar-refractivity contribution in [3.63, 3.8) is 0 Å². The first-order valence-electron chi connectivity index (χ1n) is 14.3. The third-order valence-corrected chi connectivity index (χ3v) is 6.92. The topological polar surface area (TPSA) is 163 Å². The average molecular weight is 649 g/mol. The zero-order chi connectivity index (χ0) is 33.6. The van der Waals surface area contributed by atoms with Gasteiger partial charge in [0.15, 0.2) is 5.69 Å². The second kappa shape index (κ2) is 14.0. The molecule has 1 fully saturated rings. The number of hydrogen-bond acceptors (Lipinski definition) is 9. The van der Waals surface area contributed by atoms with Crippen LogP contribution < -0.4 is 10.6 Å². The van der Waals surface area contributed by atoms with Crippen LogP contribution in [0.1, 0.15) is 101 Å². The minimum Gasteiger partial charge on any atom is -0.444 e. The van der Waals surface area contributed by atoms with Gasteiger partial charge in [-0.2, -0.15) is 31.6 Å². The molecule has 11 nitrogen and oxygen atoms in total. The fraction of sp³-hybridized carbons (Fsp3) is 0.643. The van der Waals surface area contributed by atoms with Crippen molar-refractivity contribution >= 4 is 17.7 Å². The maximum Gasteiger partial charge on any atom is 0.426 e. The van der Waals surface area contributed by atoms with Gasteiger partial charge in [-0.05, 0) is 58.9 Å². The molecule has 2 aliphatic rings. The number of hydrogen-bond donors (Lipinski definition) is 3. The van der Waals surface area contributed by atoms with Crippen molar-refractivity contribution in [1.82, 2.24) is 20.5 Å². The van der Waals surface area contributed by atoms with Crippen LogP contribution in [0.2, 0.25) is 0 Å². The normalized spacial score (nSPS) is 20.1. The highest BCUT2D eigenvalue weighted by molar-refractivity contribution is 5.97. The summed E-state index contributed by atoms with van der Waals surface area (Å²) in [5.41, 5.74) is -8.79. The Hall–Kier alpha value is -3.94. The molecule has 1 saturated carbocycles. The van der Waals surface area contributed by atoms with Gasteiger partial charge in [0.1, 0.15) is 11.3 Å². The molecule has 45 heavy (non-hydrogen) atoms. The number of anilines is 1.